The van der Waals surface area contributed by atoms with Crippen molar-refractivity contribution in [3.05, 3.63) is 36.2 Å². The van der Waals surface area contributed by atoms with Crippen molar-refractivity contribution < 1.29 is 47.6 Å². The van der Waals surface area contributed by atoms with Gasteiger partial charge in [0.1, 0.15) is 35.1 Å². The predicted molar refractivity (Wildman–Crippen MR) is 160 cm³/mol. The molecule has 1 fully saturated rings. The number of nitrogens with two attached hydrogens (primary N) is 2. The first-order valence-electron chi connectivity index (χ1n) is 14.2. The van der Waals surface area contributed by atoms with Crippen molar-refractivity contribution in [3.8, 4) is 5.75 Å². The number of nitrogen functional groups attached to an aromatic ring is 2. The van der Waals surface area contributed by atoms with Crippen molar-refractivity contribution in [2.24, 2.45) is 0 Å². The molecule has 246 valence electrons. The lowest BCUT2D eigenvalue weighted by Crippen LogP contribution is -2.44. The minimum absolute atomic E-state index is 0.0109. The zero-order chi connectivity index (χ0) is 32.9. The van der Waals surface area contributed by atoms with Crippen LogP contribution < -0.4 is 21.1 Å². The van der Waals surface area contributed by atoms with Gasteiger partial charge in [0.25, 0.3) is 0 Å². The summed E-state index contributed by atoms with van der Waals surface area (Å²) in [5.74, 6) is -1.14. The minimum atomic E-state index is -4.43. The van der Waals surface area contributed by atoms with Gasteiger partial charge in [0.05, 0.1) is 26.1 Å². The smallest absolute Gasteiger partial charge is 0.459 e. The quantitative estimate of drug-likeness (QED) is 0.122. The number of carbonyl (C=O) groups excluding carboxylic acids is 2. The van der Waals surface area contributed by atoms with Gasteiger partial charge < -0.3 is 40.4 Å². The molecule has 0 unspecified atom stereocenters. The first-order chi connectivity index (χ1) is 21.3. The van der Waals surface area contributed by atoms with E-state index in [1.165, 1.54) is 30.8 Å². The molecule has 4 rings (SSSR count). The third kappa shape index (κ3) is 7.69. The van der Waals surface area contributed by atoms with Crippen LogP contribution in [0.2, 0.25) is 0 Å². The highest BCUT2D eigenvalue weighted by atomic mass is 31.2. The number of benzene rings is 1. The van der Waals surface area contributed by atoms with E-state index >= 15 is 0 Å². The van der Waals surface area contributed by atoms with Crippen LogP contribution in [0.5, 0.6) is 5.75 Å². The Morgan fingerprint density at radius 1 is 1.20 bits per heavy atom. The van der Waals surface area contributed by atoms with Crippen molar-refractivity contribution in [1.29, 1.82) is 0 Å². The fourth-order valence-electron chi connectivity index (χ4n) is 4.72. The fourth-order valence-corrected chi connectivity index (χ4v) is 6.26. The molecule has 0 aliphatic carbocycles. The molecule has 1 saturated heterocycles. The van der Waals surface area contributed by atoms with E-state index in [0.29, 0.717) is 5.56 Å². The Morgan fingerprint density at radius 2 is 1.91 bits per heavy atom. The number of aliphatic hydroxyl groups excluding tert-OH is 1. The summed E-state index contributed by atoms with van der Waals surface area (Å²) in [5, 5.41) is 24.9. The van der Waals surface area contributed by atoms with Crippen LogP contribution in [0.15, 0.2) is 30.6 Å². The van der Waals surface area contributed by atoms with Gasteiger partial charge in [0.15, 0.2) is 17.7 Å². The molecular weight excluding hydrogens is 613 g/mol. The summed E-state index contributed by atoms with van der Waals surface area (Å²) in [6, 6.07) is 5.41. The number of imidazole rings is 1. The lowest BCUT2D eigenvalue weighted by Gasteiger charge is -2.27. The standard InChI is InChI=1S/C27H38N7O10P/c1-5-40-19(35)12-11-16-9-7-8-10-17(16)44-45(39,33-15(3)24(37)41-6-2)42-13-18-21(36)27(4,38)25(43-18)34-14-30-20-22(28)31-26(29)32-23(20)34/h7-10,14-15,18,21,25,36,38H,5-6,11-13H2,1-4H3,(H,33,39)(H4,28,29,31,32)/t15-,18+,21-,25+,27+,45-/m0/s1. The van der Waals surface area contributed by atoms with Crippen molar-refractivity contribution in [2.75, 3.05) is 31.3 Å². The van der Waals surface area contributed by atoms with Gasteiger partial charge in [-0.05, 0) is 45.7 Å². The number of rotatable bonds is 14. The zero-order valence-electron chi connectivity index (χ0n) is 25.3. The Kier molecular flexibility index (Phi) is 10.6. The molecule has 1 aliphatic rings. The molecule has 3 heterocycles. The average Bonchev–Trinajstić information content (AvgIpc) is 3.49. The monoisotopic (exact) mass is 651 g/mol. The van der Waals surface area contributed by atoms with Crippen molar-refractivity contribution in [2.45, 2.75) is 70.6 Å². The highest BCUT2D eigenvalue weighted by molar-refractivity contribution is 7.52. The molecule has 1 aromatic carbocycles. The number of nitrogens with one attached hydrogen (secondary N) is 1. The number of aromatic nitrogens is 4. The average molecular weight is 652 g/mol. The maximum Gasteiger partial charge on any atom is 0.459 e. The number of esters is 2. The van der Waals surface area contributed by atoms with E-state index in [1.807, 2.05) is 0 Å². The van der Waals surface area contributed by atoms with Crippen LogP contribution >= 0.6 is 7.75 Å². The second-order valence-electron chi connectivity index (χ2n) is 10.4. The van der Waals surface area contributed by atoms with Crippen molar-refractivity contribution in [3.63, 3.8) is 0 Å². The van der Waals surface area contributed by atoms with Crippen molar-refractivity contribution in [1.82, 2.24) is 24.6 Å². The highest BCUT2D eigenvalue weighted by Gasteiger charge is 2.54. The Balaban J connectivity index is 1.57. The van der Waals surface area contributed by atoms with Gasteiger partial charge in [-0.2, -0.15) is 15.1 Å². The number of para-hydroxylation sites is 1. The topological polar surface area (TPSA) is 245 Å². The van der Waals surface area contributed by atoms with E-state index in [9.17, 15) is 24.4 Å². The van der Waals surface area contributed by atoms with E-state index in [2.05, 4.69) is 20.0 Å². The normalized spacial score (nSPS) is 23.4. The fraction of sp³-hybridized carbons (Fsp3) is 0.519. The number of anilines is 2. The summed E-state index contributed by atoms with van der Waals surface area (Å²) >= 11 is 0. The van der Waals surface area contributed by atoms with Gasteiger partial charge in [-0.1, -0.05) is 18.2 Å². The van der Waals surface area contributed by atoms with E-state index in [4.69, 9.17) is 34.7 Å². The number of fused-ring (bicyclic) bond motifs is 1. The van der Waals surface area contributed by atoms with Crippen LogP contribution in [0, 0.1) is 0 Å². The summed E-state index contributed by atoms with van der Waals surface area (Å²) in [6.07, 6.45) is -2.53. The lowest BCUT2D eigenvalue weighted by molar-refractivity contribution is -0.145. The van der Waals surface area contributed by atoms with E-state index < -0.39 is 56.4 Å². The number of ether oxygens (including phenoxy) is 3. The van der Waals surface area contributed by atoms with Gasteiger partial charge in [0.2, 0.25) is 5.95 Å². The molecule has 3 aromatic rings. The Bertz CT molecular complexity index is 1570. The second-order valence-corrected chi connectivity index (χ2v) is 12.1. The van der Waals surface area contributed by atoms with E-state index in [0.717, 1.165) is 0 Å². The molecule has 0 bridgehead atoms. The van der Waals surface area contributed by atoms with E-state index in [-0.39, 0.29) is 54.7 Å². The molecular formula is C27H38N7O10P. The molecule has 17 nitrogen and oxygen atoms in total. The number of aryl methyl sites for hydroxylation is 1. The molecule has 18 heteroatoms. The number of carbonyl (C=O) groups is 2. The second kappa shape index (κ2) is 14.1. The Hall–Kier alpha value is -3.86. The van der Waals surface area contributed by atoms with Gasteiger partial charge in [-0.3, -0.25) is 18.7 Å². The van der Waals surface area contributed by atoms with Crippen LogP contribution in [0.4, 0.5) is 11.8 Å². The van der Waals surface area contributed by atoms with Gasteiger partial charge in [0, 0.05) is 6.42 Å². The summed E-state index contributed by atoms with van der Waals surface area (Å²) < 4.78 is 43.1. The molecule has 45 heavy (non-hydrogen) atoms. The molecule has 0 radical (unpaired) electrons. The van der Waals surface area contributed by atoms with Gasteiger partial charge in [-0.25, -0.2) is 9.55 Å². The largest absolute Gasteiger partial charge is 0.466 e. The molecule has 0 saturated carbocycles. The zero-order valence-corrected chi connectivity index (χ0v) is 26.2. The highest BCUT2D eigenvalue weighted by Crippen LogP contribution is 2.48. The molecule has 7 N–H and O–H groups in total. The summed E-state index contributed by atoms with van der Waals surface area (Å²) in [5.41, 5.74) is 10.6. The number of aliphatic hydroxyl groups is 2. The molecule has 2 aromatic heterocycles. The van der Waals surface area contributed by atoms with Crippen LogP contribution in [0.3, 0.4) is 0 Å². The first-order valence-corrected chi connectivity index (χ1v) is 15.8. The maximum absolute atomic E-state index is 14.2. The van der Waals surface area contributed by atoms with Crippen LogP contribution in [-0.4, -0.2) is 85.3 Å². The molecule has 1 aliphatic heterocycles. The summed E-state index contributed by atoms with van der Waals surface area (Å²) in [7, 11) is -4.43. The molecule has 0 spiro atoms. The van der Waals surface area contributed by atoms with Crippen LogP contribution in [0.25, 0.3) is 11.2 Å². The third-order valence-electron chi connectivity index (χ3n) is 6.97. The molecule has 0 amide bonds. The van der Waals surface area contributed by atoms with Gasteiger partial charge in [-0.15, -0.1) is 0 Å². The Morgan fingerprint density at radius 3 is 2.62 bits per heavy atom. The minimum Gasteiger partial charge on any atom is -0.466 e. The van der Waals surface area contributed by atoms with E-state index in [1.54, 1.807) is 32.0 Å². The summed E-state index contributed by atoms with van der Waals surface area (Å²) in [6.45, 7) is 5.81. The molecule has 6 atom stereocenters. The predicted octanol–water partition coefficient (Wildman–Crippen LogP) is 1.24. The Labute approximate surface area is 258 Å². The van der Waals surface area contributed by atoms with Gasteiger partial charge >= 0.3 is 19.7 Å². The lowest BCUT2D eigenvalue weighted by atomic mass is 9.96. The number of nitrogens with zero attached hydrogens (tertiary/aromatic N) is 4. The SMILES string of the molecule is CCOC(=O)CCc1ccccc1O[P@](=O)(N[C@@H](C)C(=O)OCC)OC[C@H]1O[C@@H](n2cnc3c(N)nc(N)nc32)[C@](C)(O)[C@H]1O. The summed E-state index contributed by atoms with van der Waals surface area (Å²) in [4.78, 5) is 36.5. The number of hydrogen-bond acceptors (Lipinski definition) is 15. The number of hydrogen-bond donors (Lipinski definition) is 5. The maximum atomic E-state index is 14.2. The third-order valence-corrected chi connectivity index (χ3v) is 8.60. The van der Waals surface area contributed by atoms with Crippen LogP contribution in [0.1, 0.15) is 45.9 Å². The van der Waals surface area contributed by atoms with Crippen molar-refractivity contribution >= 4 is 42.6 Å². The van der Waals surface area contributed by atoms with Crippen LogP contribution in [-0.2, 0) is 39.3 Å². The first kappa shape index (κ1) is 34.0.